The highest BCUT2D eigenvalue weighted by Gasteiger charge is 2.03. The monoisotopic (exact) mass is 259 g/mol. The second kappa shape index (κ2) is 6.34. The fraction of sp³-hybridized carbons (Fsp3) is 0.133. The normalized spacial score (nSPS) is 10.3. The zero-order chi connectivity index (χ0) is 12.8. The molecule has 0 spiro atoms. The Balaban J connectivity index is 1.82. The molecule has 0 atom stereocenters. The van der Waals surface area contributed by atoms with Crippen LogP contribution in [-0.4, -0.2) is 12.3 Å². The maximum absolute atomic E-state index is 11.8. The molecule has 0 saturated carbocycles. The van der Waals surface area contributed by atoms with Crippen molar-refractivity contribution in [2.75, 3.05) is 6.54 Å². The number of ketones is 1. The quantitative estimate of drug-likeness (QED) is 0.835. The summed E-state index contributed by atoms with van der Waals surface area (Å²) in [6.07, 6.45) is 0. The summed E-state index contributed by atoms with van der Waals surface area (Å²) in [6, 6.07) is 16.9. The summed E-state index contributed by atoms with van der Waals surface area (Å²) < 4.78 is 0. The van der Waals surface area contributed by atoms with Crippen molar-refractivity contribution in [1.29, 1.82) is 0 Å². The molecule has 0 heterocycles. The van der Waals surface area contributed by atoms with Crippen LogP contribution in [0.15, 0.2) is 54.6 Å². The van der Waals surface area contributed by atoms with Gasteiger partial charge >= 0.3 is 0 Å². The molecule has 1 N–H and O–H groups in total. The van der Waals surface area contributed by atoms with E-state index in [1.165, 1.54) is 0 Å². The fourth-order valence-electron chi connectivity index (χ4n) is 1.65. The van der Waals surface area contributed by atoms with E-state index in [2.05, 4.69) is 5.32 Å². The van der Waals surface area contributed by atoms with Gasteiger partial charge in [-0.1, -0.05) is 54.1 Å². The Kier molecular flexibility index (Phi) is 4.51. The number of carbonyl (C=O) groups excluding carboxylic acids is 1. The lowest BCUT2D eigenvalue weighted by Crippen LogP contribution is -2.22. The summed E-state index contributed by atoms with van der Waals surface area (Å²) in [7, 11) is 0. The molecule has 0 saturated heterocycles. The van der Waals surface area contributed by atoms with Gasteiger partial charge in [-0.15, -0.1) is 0 Å². The van der Waals surface area contributed by atoms with Gasteiger partial charge < -0.3 is 5.32 Å². The second-order valence-electron chi connectivity index (χ2n) is 4.02. The van der Waals surface area contributed by atoms with Gasteiger partial charge in [0.15, 0.2) is 5.78 Å². The largest absolute Gasteiger partial charge is 0.306 e. The predicted octanol–water partition coefficient (Wildman–Crippen LogP) is 3.31. The molecule has 0 aliphatic heterocycles. The molecular weight excluding hydrogens is 246 g/mol. The predicted molar refractivity (Wildman–Crippen MR) is 73.9 cm³/mol. The number of halogens is 1. The molecule has 0 aromatic heterocycles. The third-order valence-electron chi connectivity index (χ3n) is 2.62. The minimum atomic E-state index is 0.101. The summed E-state index contributed by atoms with van der Waals surface area (Å²) in [5, 5.41) is 3.85. The van der Waals surface area contributed by atoms with Crippen LogP contribution in [0.5, 0.6) is 0 Å². The highest BCUT2D eigenvalue weighted by Crippen LogP contribution is 2.09. The summed E-state index contributed by atoms with van der Waals surface area (Å²) >= 11 is 5.80. The Morgan fingerprint density at radius 1 is 1.00 bits per heavy atom. The smallest absolute Gasteiger partial charge is 0.176 e. The highest BCUT2D eigenvalue weighted by molar-refractivity contribution is 6.30. The number of hydrogen-bond donors (Lipinski definition) is 1. The molecule has 18 heavy (non-hydrogen) atoms. The van der Waals surface area contributed by atoms with E-state index < -0.39 is 0 Å². The van der Waals surface area contributed by atoms with Crippen LogP contribution >= 0.6 is 11.6 Å². The van der Waals surface area contributed by atoms with E-state index >= 15 is 0 Å². The van der Waals surface area contributed by atoms with Crippen LogP contribution in [0.2, 0.25) is 5.02 Å². The first-order valence-electron chi connectivity index (χ1n) is 5.79. The van der Waals surface area contributed by atoms with Gasteiger partial charge in [0.05, 0.1) is 6.54 Å². The van der Waals surface area contributed by atoms with Crippen LogP contribution in [0.4, 0.5) is 0 Å². The molecule has 3 heteroatoms. The maximum atomic E-state index is 11.8. The van der Waals surface area contributed by atoms with Crippen LogP contribution in [0, 0.1) is 0 Å². The van der Waals surface area contributed by atoms with E-state index in [9.17, 15) is 4.79 Å². The molecule has 2 aromatic carbocycles. The Hall–Kier alpha value is -1.64. The minimum absolute atomic E-state index is 0.101. The molecule has 0 fully saturated rings. The molecule has 0 radical (unpaired) electrons. The second-order valence-corrected chi connectivity index (χ2v) is 4.46. The minimum Gasteiger partial charge on any atom is -0.306 e. The lowest BCUT2D eigenvalue weighted by atomic mass is 10.1. The molecule has 0 bridgehead atoms. The summed E-state index contributed by atoms with van der Waals surface area (Å²) in [4.78, 5) is 11.8. The van der Waals surface area contributed by atoms with Crippen LogP contribution in [0.25, 0.3) is 0 Å². The molecule has 2 aromatic rings. The van der Waals surface area contributed by atoms with E-state index in [1.807, 2.05) is 54.6 Å². The first-order valence-corrected chi connectivity index (χ1v) is 6.17. The van der Waals surface area contributed by atoms with Crippen molar-refractivity contribution in [3.63, 3.8) is 0 Å². The van der Waals surface area contributed by atoms with Crippen molar-refractivity contribution >= 4 is 17.4 Å². The molecule has 0 aliphatic rings. The van der Waals surface area contributed by atoms with Gasteiger partial charge in [-0.2, -0.15) is 0 Å². The van der Waals surface area contributed by atoms with Gasteiger partial charge in [0.25, 0.3) is 0 Å². The number of carbonyl (C=O) groups is 1. The average Bonchev–Trinajstić information content (AvgIpc) is 2.42. The van der Waals surface area contributed by atoms with Gasteiger partial charge in [0, 0.05) is 17.1 Å². The van der Waals surface area contributed by atoms with Crippen molar-refractivity contribution in [1.82, 2.24) is 5.32 Å². The Morgan fingerprint density at radius 2 is 1.67 bits per heavy atom. The molecule has 0 amide bonds. The molecular formula is C15H14ClNO. The van der Waals surface area contributed by atoms with E-state index in [0.29, 0.717) is 13.1 Å². The number of Topliss-reactive ketones (excluding diaryl/α,β-unsaturated/α-hetero) is 1. The molecule has 2 rings (SSSR count). The summed E-state index contributed by atoms with van der Waals surface area (Å²) in [5.41, 5.74) is 1.85. The lowest BCUT2D eigenvalue weighted by Gasteiger charge is -2.04. The number of hydrogen-bond acceptors (Lipinski definition) is 2. The van der Waals surface area contributed by atoms with Gasteiger partial charge in [0.2, 0.25) is 0 Å². The van der Waals surface area contributed by atoms with Gasteiger partial charge in [-0.3, -0.25) is 4.79 Å². The van der Waals surface area contributed by atoms with Crippen LogP contribution in [-0.2, 0) is 6.54 Å². The Bertz CT molecular complexity index is 508. The third-order valence-corrected chi connectivity index (χ3v) is 2.88. The molecule has 0 unspecified atom stereocenters. The van der Waals surface area contributed by atoms with E-state index in [0.717, 1.165) is 16.1 Å². The third kappa shape index (κ3) is 3.69. The van der Waals surface area contributed by atoms with Crippen molar-refractivity contribution in [2.45, 2.75) is 6.54 Å². The lowest BCUT2D eigenvalue weighted by molar-refractivity contribution is 0.0991. The maximum Gasteiger partial charge on any atom is 0.176 e. The van der Waals surface area contributed by atoms with Crippen molar-refractivity contribution in [3.8, 4) is 0 Å². The number of nitrogens with one attached hydrogen (secondary N) is 1. The van der Waals surface area contributed by atoms with Crippen molar-refractivity contribution in [3.05, 3.63) is 70.7 Å². The van der Waals surface area contributed by atoms with Crippen LogP contribution in [0.3, 0.4) is 0 Å². The standard InChI is InChI=1S/C15H14ClNO/c16-14-8-6-12(7-9-14)10-17-11-15(18)13-4-2-1-3-5-13/h1-9,17H,10-11H2. The average molecular weight is 260 g/mol. The number of benzene rings is 2. The summed E-state index contributed by atoms with van der Waals surface area (Å²) in [5.74, 6) is 0.101. The van der Waals surface area contributed by atoms with E-state index in [4.69, 9.17) is 11.6 Å². The topological polar surface area (TPSA) is 29.1 Å². The van der Waals surface area contributed by atoms with Crippen LogP contribution < -0.4 is 5.32 Å². The first kappa shape index (κ1) is 12.8. The molecule has 0 aliphatic carbocycles. The molecule has 92 valence electrons. The zero-order valence-corrected chi connectivity index (χ0v) is 10.7. The Morgan fingerprint density at radius 3 is 2.33 bits per heavy atom. The van der Waals surface area contributed by atoms with E-state index in [1.54, 1.807) is 0 Å². The van der Waals surface area contributed by atoms with E-state index in [-0.39, 0.29) is 5.78 Å². The number of rotatable bonds is 5. The van der Waals surface area contributed by atoms with Gasteiger partial charge in [0.1, 0.15) is 0 Å². The van der Waals surface area contributed by atoms with Crippen molar-refractivity contribution in [2.24, 2.45) is 0 Å². The first-order chi connectivity index (χ1) is 8.75. The SMILES string of the molecule is O=C(CNCc1ccc(Cl)cc1)c1ccccc1. The van der Waals surface area contributed by atoms with Crippen LogP contribution in [0.1, 0.15) is 15.9 Å². The summed E-state index contributed by atoms with van der Waals surface area (Å²) in [6.45, 7) is 1.00. The van der Waals surface area contributed by atoms with Crippen molar-refractivity contribution < 1.29 is 4.79 Å². The van der Waals surface area contributed by atoms with Gasteiger partial charge in [-0.05, 0) is 17.7 Å². The zero-order valence-electron chi connectivity index (χ0n) is 9.90. The molecule has 2 nitrogen and oxygen atoms in total. The van der Waals surface area contributed by atoms with Gasteiger partial charge in [-0.25, -0.2) is 0 Å². The highest BCUT2D eigenvalue weighted by atomic mass is 35.5. The Labute approximate surface area is 112 Å². The fourth-order valence-corrected chi connectivity index (χ4v) is 1.77.